The summed E-state index contributed by atoms with van der Waals surface area (Å²) in [6.07, 6.45) is 6.30. The smallest absolute Gasteiger partial charge is 0.314 e. The van der Waals surface area contributed by atoms with Gasteiger partial charge in [-0.25, -0.2) is 4.79 Å². The predicted octanol–water partition coefficient (Wildman–Crippen LogP) is 4.57. The number of rotatable bonds is 2. The number of benzene rings is 1. The molecular formula is C13H14Cl2N2O. The minimum Gasteiger partial charge on any atom is -0.314 e. The lowest BCUT2D eigenvalue weighted by molar-refractivity contribution is 0.255. The number of hydrogen-bond acceptors (Lipinski definition) is 1. The van der Waals surface area contributed by atoms with Crippen LogP contribution in [-0.2, 0) is 0 Å². The van der Waals surface area contributed by atoms with E-state index in [0.29, 0.717) is 15.7 Å². The maximum absolute atomic E-state index is 11.7. The second kappa shape index (κ2) is 6.12. The van der Waals surface area contributed by atoms with Crippen LogP contribution in [0.3, 0.4) is 0 Å². The minimum absolute atomic E-state index is 0.329. The van der Waals surface area contributed by atoms with Crippen LogP contribution in [-0.4, -0.2) is 6.03 Å². The van der Waals surface area contributed by atoms with Crippen LogP contribution in [0.1, 0.15) is 25.7 Å². The second-order valence-electron chi connectivity index (χ2n) is 4.20. The largest absolute Gasteiger partial charge is 0.323 e. The lowest BCUT2D eigenvalue weighted by Crippen LogP contribution is -2.24. The van der Waals surface area contributed by atoms with Crippen molar-refractivity contribution in [2.45, 2.75) is 25.7 Å². The van der Waals surface area contributed by atoms with E-state index in [-0.39, 0.29) is 6.03 Å². The van der Waals surface area contributed by atoms with Crippen LogP contribution in [0.4, 0.5) is 10.5 Å². The molecule has 0 aromatic heterocycles. The highest BCUT2D eigenvalue weighted by molar-refractivity contribution is 6.39. The van der Waals surface area contributed by atoms with Crippen LogP contribution in [0, 0.1) is 0 Å². The Morgan fingerprint density at radius 2 is 1.78 bits per heavy atom. The molecular weight excluding hydrogens is 271 g/mol. The fourth-order valence-corrected chi connectivity index (χ4v) is 2.40. The first-order valence-corrected chi connectivity index (χ1v) is 6.62. The van der Waals surface area contributed by atoms with Crippen LogP contribution in [0.15, 0.2) is 30.0 Å². The van der Waals surface area contributed by atoms with Crippen molar-refractivity contribution in [3.05, 3.63) is 40.0 Å². The lowest BCUT2D eigenvalue weighted by atomic mass is 10.2. The summed E-state index contributed by atoms with van der Waals surface area (Å²) in [5, 5.41) is 6.19. The third-order valence-electron chi connectivity index (χ3n) is 2.85. The Morgan fingerprint density at radius 1 is 1.17 bits per heavy atom. The van der Waals surface area contributed by atoms with Gasteiger partial charge in [-0.1, -0.05) is 34.8 Å². The molecule has 0 spiro atoms. The van der Waals surface area contributed by atoms with E-state index >= 15 is 0 Å². The summed E-state index contributed by atoms with van der Waals surface area (Å²) in [5.74, 6) is 0. The van der Waals surface area contributed by atoms with Crippen molar-refractivity contribution in [3.8, 4) is 0 Å². The van der Waals surface area contributed by atoms with E-state index in [9.17, 15) is 4.79 Å². The normalized spacial score (nSPS) is 14.4. The first-order valence-electron chi connectivity index (χ1n) is 5.86. The maximum Gasteiger partial charge on any atom is 0.323 e. The SMILES string of the molecule is O=C(NC=C1CCCC1)Nc1c(Cl)cccc1Cl. The van der Waals surface area contributed by atoms with E-state index in [4.69, 9.17) is 23.2 Å². The average molecular weight is 285 g/mol. The van der Waals surface area contributed by atoms with Gasteiger partial charge in [0.25, 0.3) is 0 Å². The minimum atomic E-state index is -0.329. The summed E-state index contributed by atoms with van der Waals surface area (Å²) in [6, 6.07) is 4.76. The number of halogens is 2. The molecule has 0 unspecified atom stereocenters. The Hall–Kier alpha value is -1.19. The lowest BCUT2D eigenvalue weighted by Gasteiger charge is -2.08. The molecule has 2 N–H and O–H groups in total. The third kappa shape index (κ3) is 3.40. The number of urea groups is 1. The molecule has 0 bridgehead atoms. The molecule has 18 heavy (non-hydrogen) atoms. The van der Waals surface area contributed by atoms with Crippen molar-refractivity contribution in [1.29, 1.82) is 0 Å². The van der Waals surface area contributed by atoms with Crippen molar-refractivity contribution < 1.29 is 4.79 Å². The van der Waals surface area contributed by atoms with Crippen molar-refractivity contribution in [2.75, 3.05) is 5.32 Å². The fourth-order valence-electron chi connectivity index (χ4n) is 1.91. The number of carbonyl (C=O) groups is 1. The monoisotopic (exact) mass is 284 g/mol. The predicted molar refractivity (Wildman–Crippen MR) is 75.2 cm³/mol. The van der Waals surface area contributed by atoms with E-state index in [1.807, 2.05) is 0 Å². The molecule has 1 fully saturated rings. The first-order chi connectivity index (χ1) is 8.66. The van der Waals surface area contributed by atoms with Crippen LogP contribution >= 0.6 is 23.2 Å². The standard InChI is InChI=1S/C13H14Cl2N2O/c14-10-6-3-7-11(15)12(10)17-13(18)16-8-9-4-1-2-5-9/h3,6-8H,1-2,4-5H2,(H2,16,17,18). The summed E-state index contributed by atoms with van der Waals surface area (Å²) in [7, 11) is 0. The highest BCUT2D eigenvalue weighted by atomic mass is 35.5. The Morgan fingerprint density at radius 3 is 2.39 bits per heavy atom. The summed E-state index contributed by atoms with van der Waals surface area (Å²) < 4.78 is 0. The van der Waals surface area contributed by atoms with Gasteiger partial charge in [-0.2, -0.15) is 0 Å². The molecule has 1 aromatic rings. The highest BCUT2D eigenvalue weighted by Crippen LogP contribution is 2.29. The Balaban J connectivity index is 1.96. The van der Waals surface area contributed by atoms with E-state index in [1.54, 1.807) is 24.4 Å². The van der Waals surface area contributed by atoms with Gasteiger partial charge in [0.05, 0.1) is 15.7 Å². The number of para-hydroxylation sites is 1. The van der Waals surface area contributed by atoms with E-state index < -0.39 is 0 Å². The molecule has 3 nitrogen and oxygen atoms in total. The highest BCUT2D eigenvalue weighted by Gasteiger charge is 2.10. The molecule has 0 radical (unpaired) electrons. The van der Waals surface area contributed by atoms with E-state index in [0.717, 1.165) is 12.8 Å². The van der Waals surface area contributed by atoms with Gasteiger partial charge < -0.3 is 10.6 Å². The molecule has 1 saturated carbocycles. The molecule has 0 atom stereocenters. The molecule has 5 heteroatoms. The van der Waals surface area contributed by atoms with Crippen molar-refractivity contribution in [3.63, 3.8) is 0 Å². The molecule has 1 aliphatic rings. The summed E-state index contributed by atoms with van der Waals surface area (Å²) in [6.45, 7) is 0. The van der Waals surface area contributed by atoms with Gasteiger partial charge in [-0.3, -0.25) is 0 Å². The topological polar surface area (TPSA) is 41.1 Å². The average Bonchev–Trinajstić information content (AvgIpc) is 2.84. The number of anilines is 1. The van der Waals surface area contributed by atoms with Crippen LogP contribution < -0.4 is 10.6 Å². The number of hydrogen-bond donors (Lipinski definition) is 2. The summed E-state index contributed by atoms with van der Waals surface area (Å²) in [4.78, 5) is 11.7. The molecule has 2 rings (SSSR count). The summed E-state index contributed by atoms with van der Waals surface area (Å²) in [5.41, 5.74) is 1.71. The van der Waals surface area contributed by atoms with Crippen LogP contribution in [0.5, 0.6) is 0 Å². The van der Waals surface area contributed by atoms with Crippen molar-refractivity contribution in [1.82, 2.24) is 5.32 Å². The molecule has 2 amide bonds. The van der Waals surface area contributed by atoms with Gasteiger partial charge in [0.15, 0.2) is 0 Å². The van der Waals surface area contributed by atoms with Gasteiger partial charge >= 0.3 is 6.03 Å². The fraction of sp³-hybridized carbons (Fsp3) is 0.308. The molecule has 0 heterocycles. The third-order valence-corrected chi connectivity index (χ3v) is 3.48. The second-order valence-corrected chi connectivity index (χ2v) is 5.02. The molecule has 1 aliphatic carbocycles. The number of nitrogens with one attached hydrogen (secondary N) is 2. The molecule has 0 aliphatic heterocycles. The zero-order chi connectivity index (χ0) is 13.0. The maximum atomic E-state index is 11.7. The van der Waals surface area contributed by atoms with Crippen molar-refractivity contribution in [2.24, 2.45) is 0 Å². The van der Waals surface area contributed by atoms with E-state index in [2.05, 4.69) is 10.6 Å². The number of carbonyl (C=O) groups excluding carboxylic acids is 1. The van der Waals surface area contributed by atoms with Crippen LogP contribution in [0.2, 0.25) is 10.0 Å². The van der Waals surface area contributed by atoms with Gasteiger partial charge in [0.2, 0.25) is 0 Å². The van der Waals surface area contributed by atoms with E-state index in [1.165, 1.54) is 18.4 Å². The van der Waals surface area contributed by atoms with Gasteiger partial charge in [-0.05, 0) is 37.8 Å². The molecule has 0 saturated heterocycles. The quantitative estimate of drug-likeness (QED) is 0.820. The molecule has 96 valence electrons. The zero-order valence-electron chi connectivity index (χ0n) is 9.80. The Kier molecular flexibility index (Phi) is 4.50. The van der Waals surface area contributed by atoms with Gasteiger partial charge in [-0.15, -0.1) is 0 Å². The Labute approximate surface area is 116 Å². The van der Waals surface area contributed by atoms with Gasteiger partial charge in [0.1, 0.15) is 0 Å². The van der Waals surface area contributed by atoms with Crippen molar-refractivity contribution >= 4 is 34.9 Å². The van der Waals surface area contributed by atoms with Crippen LogP contribution in [0.25, 0.3) is 0 Å². The summed E-state index contributed by atoms with van der Waals surface area (Å²) >= 11 is 11.9. The van der Waals surface area contributed by atoms with Gasteiger partial charge in [0, 0.05) is 6.20 Å². The Bertz CT molecular complexity index is 458. The number of amides is 2. The first kappa shape index (κ1) is 13.2. The molecule has 1 aromatic carbocycles. The number of allylic oxidation sites excluding steroid dienone is 1. The zero-order valence-corrected chi connectivity index (χ0v) is 11.3.